The van der Waals surface area contributed by atoms with Gasteiger partial charge in [-0.3, -0.25) is 13.9 Å². The van der Waals surface area contributed by atoms with E-state index in [0.717, 1.165) is 9.13 Å². The third-order valence-corrected chi connectivity index (χ3v) is 1.71. The summed E-state index contributed by atoms with van der Waals surface area (Å²) in [5, 5.41) is 17.6. The molecule has 1 N–H and O–H groups in total. The first-order valence-corrected chi connectivity index (χ1v) is 3.34. The summed E-state index contributed by atoms with van der Waals surface area (Å²) in [6.07, 6.45) is 0. The van der Waals surface area contributed by atoms with Crippen molar-refractivity contribution >= 4 is 5.69 Å². The lowest BCUT2D eigenvalue weighted by atomic mass is 10.5. The van der Waals surface area contributed by atoms with Crippen LogP contribution in [0.5, 0.6) is 5.88 Å². The summed E-state index contributed by atoms with van der Waals surface area (Å²) in [6.45, 7) is 0. The van der Waals surface area contributed by atoms with E-state index in [2.05, 4.69) is 4.98 Å². The largest absolute Gasteiger partial charge is 0.508 e. The van der Waals surface area contributed by atoms with Crippen LogP contribution in [-0.2, 0) is 14.1 Å². The molecule has 0 aromatic carbocycles. The molecule has 0 aliphatic rings. The number of nitrogens with zero attached hydrogens (tertiary/aromatic N) is 4. The second kappa shape index (κ2) is 2.75. The summed E-state index contributed by atoms with van der Waals surface area (Å²) in [5.74, 6) is -0.657. The van der Waals surface area contributed by atoms with E-state index in [1.165, 1.54) is 14.1 Å². The second-order valence-corrected chi connectivity index (χ2v) is 2.48. The number of hydrogen-bond donors (Lipinski definition) is 1. The third-order valence-electron chi connectivity index (χ3n) is 1.71. The lowest BCUT2D eigenvalue weighted by Crippen LogP contribution is -2.36. The van der Waals surface area contributed by atoms with E-state index < -0.39 is 22.8 Å². The van der Waals surface area contributed by atoms with Gasteiger partial charge in [-0.15, -0.1) is 0 Å². The van der Waals surface area contributed by atoms with Crippen molar-refractivity contribution in [2.45, 2.75) is 0 Å². The van der Waals surface area contributed by atoms with Crippen LogP contribution in [0.3, 0.4) is 0 Å². The van der Waals surface area contributed by atoms with Crippen molar-refractivity contribution in [3.63, 3.8) is 0 Å². The fraction of sp³-hybridized carbons (Fsp3) is 0.333. The van der Waals surface area contributed by atoms with Gasteiger partial charge in [0, 0.05) is 14.1 Å². The summed E-state index contributed by atoms with van der Waals surface area (Å²) in [5.41, 5.74) is -2.08. The molecule has 0 bridgehead atoms. The van der Waals surface area contributed by atoms with Crippen LogP contribution in [0.15, 0.2) is 9.59 Å². The summed E-state index contributed by atoms with van der Waals surface area (Å²) < 4.78 is 1.53. The minimum atomic E-state index is -0.844. The normalized spacial score (nSPS) is 9.62. The topological polar surface area (TPSA) is 92.4 Å². The van der Waals surface area contributed by atoms with Crippen LogP contribution in [0.1, 0.15) is 0 Å². The van der Waals surface area contributed by atoms with Crippen LogP contribution in [0, 0.1) is 5.39 Å². The molecule has 0 amide bonds. The van der Waals surface area contributed by atoms with Gasteiger partial charge in [0.2, 0.25) is 5.39 Å². The number of diazo groups is 1. The molecule has 1 heterocycles. The van der Waals surface area contributed by atoms with Gasteiger partial charge in [0.1, 0.15) is 0 Å². The van der Waals surface area contributed by atoms with Crippen LogP contribution in [0.4, 0.5) is 5.69 Å². The molecule has 7 heteroatoms. The van der Waals surface area contributed by atoms with Crippen molar-refractivity contribution in [3.05, 3.63) is 25.8 Å². The Bertz CT molecular complexity index is 504. The zero-order chi connectivity index (χ0) is 10.2. The number of aromatic nitrogens is 2. The summed E-state index contributed by atoms with van der Waals surface area (Å²) in [7, 11) is 2.48. The van der Waals surface area contributed by atoms with Gasteiger partial charge in [-0.25, -0.2) is 4.79 Å². The van der Waals surface area contributed by atoms with Crippen molar-refractivity contribution in [1.82, 2.24) is 9.13 Å². The summed E-state index contributed by atoms with van der Waals surface area (Å²) >= 11 is 0. The number of rotatable bonds is 0. The Labute approximate surface area is 72.1 Å². The first-order valence-electron chi connectivity index (χ1n) is 3.34. The average Bonchev–Trinajstić information content (AvgIpc) is 2.13. The monoisotopic (exact) mass is 185 g/mol. The van der Waals surface area contributed by atoms with Crippen LogP contribution in [0.2, 0.25) is 0 Å². The van der Waals surface area contributed by atoms with Crippen LogP contribution >= 0.6 is 0 Å². The van der Waals surface area contributed by atoms with Crippen molar-refractivity contribution in [2.24, 2.45) is 14.1 Å². The highest BCUT2D eigenvalue weighted by Gasteiger charge is 2.25. The molecule has 0 aliphatic carbocycles. The second-order valence-electron chi connectivity index (χ2n) is 2.48. The highest BCUT2D eigenvalue weighted by Crippen LogP contribution is 2.17. The predicted octanol–water partition coefficient (Wildman–Crippen LogP) is -0.726. The predicted molar refractivity (Wildman–Crippen MR) is 43.3 cm³/mol. The Hall–Kier alpha value is -2.10. The van der Waals surface area contributed by atoms with Gasteiger partial charge in [-0.1, -0.05) is 0 Å². The Morgan fingerprint density at radius 2 is 1.85 bits per heavy atom. The molecule has 13 heavy (non-hydrogen) atoms. The van der Waals surface area contributed by atoms with Gasteiger partial charge in [0.25, 0.3) is 0 Å². The van der Waals surface area contributed by atoms with Crippen LogP contribution in [0.25, 0.3) is 4.98 Å². The highest BCUT2D eigenvalue weighted by molar-refractivity contribution is 5.50. The maximum Gasteiger partial charge on any atom is 0.508 e. The van der Waals surface area contributed by atoms with E-state index >= 15 is 0 Å². The molecular weight excluding hydrogens is 178 g/mol. The molecule has 0 unspecified atom stereocenters. The van der Waals surface area contributed by atoms with Crippen LogP contribution in [-0.4, -0.2) is 14.2 Å². The SMILES string of the molecule is Cn1c(O)c([15N+]#[15N])c(=O)n(C)c1=O. The number of aromatic hydroxyl groups is 1. The quantitative estimate of drug-likeness (QED) is 0.426. The van der Waals surface area contributed by atoms with E-state index in [1.54, 1.807) is 0 Å². The van der Waals surface area contributed by atoms with Crippen molar-refractivity contribution < 1.29 is 5.11 Å². The van der Waals surface area contributed by atoms with E-state index in [4.69, 9.17) is 5.39 Å². The smallest absolute Gasteiger partial charge is 0.488 e. The fourth-order valence-corrected chi connectivity index (χ4v) is 0.903. The molecule has 68 valence electrons. The molecule has 0 aliphatic heterocycles. The maximum atomic E-state index is 11.1. The molecule has 0 radical (unpaired) electrons. The first kappa shape index (κ1) is 8.99. The molecule has 1 aromatic heterocycles. The summed E-state index contributed by atoms with van der Waals surface area (Å²) in [6, 6.07) is 0. The third kappa shape index (κ3) is 1.08. The molecule has 0 fully saturated rings. The van der Waals surface area contributed by atoms with Gasteiger partial charge in [0.05, 0.1) is 0 Å². The Balaban J connectivity index is 3.92. The Morgan fingerprint density at radius 3 is 2.31 bits per heavy atom. The molecular formula is C6H7N4O3+. The summed E-state index contributed by atoms with van der Waals surface area (Å²) in [4.78, 5) is 24.8. The Morgan fingerprint density at radius 1 is 1.31 bits per heavy atom. The van der Waals surface area contributed by atoms with Crippen molar-refractivity contribution in [3.8, 4) is 5.88 Å². The average molecular weight is 185 g/mol. The van der Waals surface area contributed by atoms with Gasteiger partial charge in [-0.2, -0.15) is 0 Å². The van der Waals surface area contributed by atoms with E-state index in [0.29, 0.717) is 0 Å². The molecule has 0 atom stereocenters. The van der Waals surface area contributed by atoms with Crippen LogP contribution < -0.4 is 11.2 Å². The first-order chi connectivity index (χ1) is 6.00. The van der Waals surface area contributed by atoms with Gasteiger partial charge >= 0.3 is 22.8 Å². The minimum Gasteiger partial charge on any atom is -0.488 e. The lowest BCUT2D eigenvalue weighted by molar-refractivity contribution is 0.416. The van der Waals surface area contributed by atoms with E-state index in [9.17, 15) is 14.7 Å². The standard InChI is InChI=1S/C6H6N4O3/c1-9-4(11)3(8-7)5(12)10(2)6(9)13/h1-2H3/p+1/i7+1,8+1. The minimum absolute atomic E-state index is 0.551. The van der Waals surface area contributed by atoms with Gasteiger partial charge in [0.15, 0.2) is 4.98 Å². The number of hydrogen-bond acceptors (Lipinski definition) is 4. The molecule has 1 aromatic rings. The lowest BCUT2D eigenvalue weighted by Gasteiger charge is -1.99. The molecule has 7 nitrogen and oxygen atoms in total. The molecule has 0 spiro atoms. The van der Waals surface area contributed by atoms with E-state index in [1.807, 2.05) is 0 Å². The van der Waals surface area contributed by atoms with Gasteiger partial charge in [-0.05, 0) is 0 Å². The molecule has 0 saturated heterocycles. The van der Waals surface area contributed by atoms with E-state index in [-0.39, 0.29) is 0 Å². The Kier molecular flexibility index (Phi) is 1.90. The zero-order valence-electron chi connectivity index (χ0n) is 7.05. The zero-order valence-corrected chi connectivity index (χ0v) is 7.05. The van der Waals surface area contributed by atoms with Crippen molar-refractivity contribution in [2.75, 3.05) is 0 Å². The van der Waals surface area contributed by atoms with Gasteiger partial charge < -0.3 is 5.11 Å². The molecule has 0 saturated carbocycles. The maximum absolute atomic E-state index is 11.1. The fourth-order valence-electron chi connectivity index (χ4n) is 0.903. The highest BCUT2D eigenvalue weighted by atomic mass is 16.3. The molecule has 1 rings (SSSR count). The van der Waals surface area contributed by atoms with Crippen molar-refractivity contribution in [1.29, 1.82) is 5.39 Å².